The lowest BCUT2D eigenvalue weighted by Gasteiger charge is -2.39. The Hall–Kier alpha value is -0.0800. The molecule has 1 atom stereocenters. The van der Waals surface area contributed by atoms with Gasteiger partial charge in [0.2, 0.25) is 0 Å². The Balaban J connectivity index is 4.24. The molecule has 0 bridgehead atoms. The second-order valence-electron chi connectivity index (χ2n) is 3.50. The zero-order chi connectivity index (χ0) is 9.07. The van der Waals surface area contributed by atoms with E-state index < -0.39 is 0 Å². The van der Waals surface area contributed by atoms with Gasteiger partial charge < -0.3 is 5.11 Å². The highest BCUT2D eigenvalue weighted by molar-refractivity contribution is 4.85. The molecule has 0 fully saturated rings. The largest absolute Gasteiger partial charge is 0.392 e. The van der Waals surface area contributed by atoms with E-state index in [1.165, 1.54) is 0 Å². The van der Waals surface area contributed by atoms with E-state index >= 15 is 0 Å². The maximum absolute atomic E-state index is 9.47. The van der Waals surface area contributed by atoms with Crippen molar-refractivity contribution in [2.45, 2.75) is 46.3 Å². The summed E-state index contributed by atoms with van der Waals surface area (Å²) in [6, 6.07) is 0. The van der Waals surface area contributed by atoms with Crippen LogP contribution in [0.15, 0.2) is 0 Å². The summed E-state index contributed by atoms with van der Waals surface area (Å²) in [5.74, 6) is 0. The number of hydrogen-bond acceptors (Lipinski definition) is 2. The molecule has 1 N–H and O–H groups in total. The third-order valence-corrected chi connectivity index (χ3v) is 2.60. The van der Waals surface area contributed by atoms with Crippen LogP contribution in [-0.2, 0) is 0 Å². The molecule has 0 saturated carbocycles. The van der Waals surface area contributed by atoms with Crippen molar-refractivity contribution >= 4 is 0 Å². The summed E-state index contributed by atoms with van der Waals surface area (Å²) in [4.78, 5) is 2.26. The van der Waals surface area contributed by atoms with Gasteiger partial charge in [0.15, 0.2) is 0 Å². The fourth-order valence-corrected chi connectivity index (χ4v) is 1.30. The molecule has 0 spiro atoms. The molecule has 0 aromatic rings. The van der Waals surface area contributed by atoms with Crippen LogP contribution >= 0.6 is 0 Å². The van der Waals surface area contributed by atoms with Crippen molar-refractivity contribution in [3.63, 3.8) is 0 Å². The summed E-state index contributed by atoms with van der Waals surface area (Å²) in [5.41, 5.74) is -0.0938. The Morgan fingerprint density at radius 3 is 1.73 bits per heavy atom. The molecule has 0 radical (unpaired) electrons. The first-order chi connectivity index (χ1) is 4.96. The average Bonchev–Trinajstić information content (AvgIpc) is 1.89. The minimum atomic E-state index is -0.276. The van der Waals surface area contributed by atoms with Crippen molar-refractivity contribution in [3.8, 4) is 0 Å². The fourth-order valence-electron chi connectivity index (χ4n) is 1.30. The quantitative estimate of drug-likeness (QED) is 0.671. The van der Waals surface area contributed by atoms with Gasteiger partial charge in [-0.15, -0.1) is 0 Å². The molecule has 0 amide bonds. The molecule has 2 nitrogen and oxygen atoms in total. The molecule has 0 aliphatic heterocycles. The number of likely N-dealkylation sites (N-methyl/N-ethyl adjacent to an activating group) is 1. The molecule has 0 aliphatic rings. The van der Waals surface area contributed by atoms with Gasteiger partial charge in [0.25, 0.3) is 0 Å². The van der Waals surface area contributed by atoms with Crippen molar-refractivity contribution in [2.24, 2.45) is 0 Å². The fraction of sp³-hybridized carbons (Fsp3) is 1.00. The van der Waals surface area contributed by atoms with Crippen LogP contribution in [-0.4, -0.2) is 34.7 Å². The number of rotatable bonds is 4. The summed E-state index contributed by atoms with van der Waals surface area (Å²) in [6.45, 7) is 12.2. The van der Waals surface area contributed by atoms with Crippen LogP contribution in [0.25, 0.3) is 0 Å². The van der Waals surface area contributed by atoms with E-state index in [-0.39, 0.29) is 11.6 Å². The van der Waals surface area contributed by atoms with E-state index in [0.29, 0.717) is 0 Å². The third kappa shape index (κ3) is 2.46. The Morgan fingerprint density at radius 1 is 1.27 bits per heavy atom. The minimum Gasteiger partial charge on any atom is -0.392 e. The summed E-state index contributed by atoms with van der Waals surface area (Å²) in [7, 11) is 0. The predicted molar refractivity (Wildman–Crippen MR) is 48.7 cm³/mol. The van der Waals surface area contributed by atoms with Gasteiger partial charge in [-0.25, -0.2) is 0 Å². The summed E-state index contributed by atoms with van der Waals surface area (Å²) in [5, 5.41) is 9.47. The second-order valence-corrected chi connectivity index (χ2v) is 3.50. The molecule has 68 valence electrons. The molecule has 0 heterocycles. The van der Waals surface area contributed by atoms with Crippen molar-refractivity contribution in [1.82, 2.24) is 4.90 Å². The van der Waals surface area contributed by atoms with E-state index in [9.17, 15) is 5.11 Å². The predicted octanol–water partition coefficient (Wildman–Crippen LogP) is 1.49. The summed E-state index contributed by atoms with van der Waals surface area (Å²) >= 11 is 0. The minimum absolute atomic E-state index is 0.0938. The first-order valence-corrected chi connectivity index (χ1v) is 4.39. The SMILES string of the molecule is CCN(CC)C(C)(C)C(C)O. The molecule has 0 aromatic carbocycles. The van der Waals surface area contributed by atoms with E-state index in [2.05, 4.69) is 32.6 Å². The summed E-state index contributed by atoms with van der Waals surface area (Å²) in [6.07, 6.45) is -0.276. The van der Waals surface area contributed by atoms with E-state index in [1.807, 2.05) is 6.92 Å². The molecule has 2 heteroatoms. The van der Waals surface area contributed by atoms with Gasteiger partial charge >= 0.3 is 0 Å². The first kappa shape index (κ1) is 10.9. The van der Waals surface area contributed by atoms with Gasteiger partial charge in [0.05, 0.1) is 6.10 Å². The lowest BCUT2D eigenvalue weighted by molar-refractivity contribution is 0.00639. The molecule has 0 rings (SSSR count). The number of nitrogens with zero attached hydrogens (tertiary/aromatic N) is 1. The zero-order valence-corrected chi connectivity index (χ0v) is 8.39. The third-order valence-electron chi connectivity index (χ3n) is 2.60. The van der Waals surface area contributed by atoms with Crippen LogP contribution in [0.1, 0.15) is 34.6 Å². The Morgan fingerprint density at radius 2 is 1.64 bits per heavy atom. The van der Waals surface area contributed by atoms with Crippen LogP contribution in [0.2, 0.25) is 0 Å². The van der Waals surface area contributed by atoms with E-state index in [0.717, 1.165) is 13.1 Å². The topological polar surface area (TPSA) is 23.5 Å². The van der Waals surface area contributed by atoms with Gasteiger partial charge in [-0.3, -0.25) is 4.90 Å². The summed E-state index contributed by atoms with van der Waals surface area (Å²) < 4.78 is 0. The van der Waals surface area contributed by atoms with Gasteiger partial charge in [-0.2, -0.15) is 0 Å². The van der Waals surface area contributed by atoms with Crippen LogP contribution in [0.3, 0.4) is 0 Å². The number of aliphatic hydroxyl groups is 1. The lowest BCUT2D eigenvalue weighted by Crippen LogP contribution is -2.51. The number of hydrogen-bond donors (Lipinski definition) is 1. The molecule has 1 unspecified atom stereocenters. The number of aliphatic hydroxyl groups excluding tert-OH is 1. The highest BCUT2D eigenvalue weighted by Crippen LogP contribution is 2.17. The van der Waals surface area contributed by atoms with Crippen LogP contribution in [0, 0.1) is 0 Å². The maximum Gasteiger partial charge on any atom is 0.0690 e. The van der Waals surface area contributed by atoms with Gasteiger partial charge in [0, 0.05) is 5.54 Å². The molecular formula is C9H21NO. The van der Waals surface area contributed by atoms with Gasteiger partial charge in [-0.05, 0) is 33.9 Å². The van der Waals surface area contributed by atoms with E-state index in [4.69, 9.17) is 0 Å². The second kappa shape index (κ2) is 4.07. The molecular weight excluding hydrogens is 138 g/mol. The Kier molecular flexibility index (Phi) is 4.04. The highest BCUT2D eigenvalue weighted by Gasteiger charge is 2.29. The van der Waals surface area contributed by atoms with Crippen molar-refractivity contribution < 1.29 is 5.11 Å². The van der Waals surface area contributed by atoms with Crippen LogP contribution in [0.4, 0.5) is 0 Å². The lowest BCUT2D eigenvalue weighted by atomic mass is 9.96. The normalized spacial score (nSPS) is 15.5. The van der Waals surface area contributed by atoms with E-state index in [1.54, 1.807) is 0 Å². The smallest absolute Gasteiger partial charge is 0.0690 e. The molecule has 0 saturated heterocycles. The van der Waals surface area contributed by atoms with Crippen LogP contribution < -0.4 is 0 Å². The average molecular weight is 159 g/mol. The Labute approximate surface area is 70.2 Å². The molecule has 11 heavy (non-hydrogen) atoms. The first-order valence-electron chi connectivity index (χ1n) is 4.39. The zero-order valence-electron chi connectivity index (χ0n) is 8.39. The van der Waals surface area contributed by atoms with Gasteiger partial charge in [-0.1, -0.05) is 13.8 Å². The highest BCUT2D eigenvalue weighted by atomic mass is 16.3. The van der Waals surface area contributed by atoms with Crippen molar-refractivity contribution in [1.29, 1.82) is 0 Å². The van der Waals surface area contributed by atoms with Crippen molar-refractivity contribution in [2.75, 3.05) is 13.1 Å². The standard InChI is InChI=1S/C9H21NO/c1-6-10(7-2)9(4,5)8(3)11/h8,11H,6-7H2,1-5H3. The molecule has 0 aromatic heterocycles. The maximum atomic E-state index is 9.47. The molecule has 0 aliphatic carbocycles. The Bertz CT molecular complexity index is 106. The monoisotopic (exact) mass is 159 g/mol. The van der Waals surface area contributed by atoms with Crippen molar-refractivity contribution in [3.05, 3.63) is 0 Å². The van der Waals surface area contributed by atoms with Crippen LogP contribution in [0.5, 0.6) is 0 Å². The van der Waals surface area contributed by atoms with Gasteiger partial charge in [0.1, 0.15) is 0 Å².